The number of ether oxygens (including phenoxy) is 2. The molecular formula is C29H28ClF7N2O3. The lowest BCUT2D eigenvalue weighted by Gasteiger charge is -2.38. The molecule has 1 saturated heterocycles. The third kappa shape index (κ3) is 6.68. The van der Waals surface area contributed by atoms with E-state index in [1.165, 1.54) is 24.1 Å². The van der Waals surface area contributed by atoms with Crippen LogP contribution in [0.2, 0.25) is 5.15 Å². The van der Waals surface area contributed by atoms with E-state index in [1.807, 2.05) is 13.8 Å². The molecule has 5 nitrogen and oxygen atoms in total. The highest BCUT2D eigenvalue weighted by molar-refractivity contribution is 6.29. The maximum Gasteiger partial charge on any atom is 0.412 e. The van der Waals surface area contributed by atoms with E-state index >= 15 is 0 Å². The Bertz CT molecular complexity index is 1420. The van der Waals surface area contributed by atoms with Crippen molar-refractivity contribution in [1.29, 1.82) is 0 Å². The first-order valence-corrected chi connectivity index (χ1v) is 13.4. The number of amides is 1. The topological polar surface area (TPSA) is 51.7 Å². The number of cyclic esters (lactones) is 1. The van der Waals surface area contributed by atoms with Gasteiger partial charge in [0.2, 0.25) is 0 Å². The SMILES string of the molecule is COc1cc(F)c(C(C)C)cc1-c1ccc(Cl)nc1CN1C(=O)OC(C2=CC(C(F)(F)F)CC(C(F)(F)F)=C2)C[C@@H]1C. The van der Waals surface area contributed by atoms with Gasteiger partial charge >= 0.3 is 18.4 Å². The Morgan fingerprint density at radius 2 is 1.83 bits per heavy atom. The fourth-order valence-corrected chi connectivity index (χ4v) is 5.28. The highest BCUT2D eigenvalue weighted by Crippen LogP contribution is 2.44. The van der Waals surface area contributed by atoms with Crippen LogP contribution in [-0.2, 0) is 11.3 Å². The number of allylic oxidation sites excluding steroid dienone is 2. The van der Waals surface area contributed by atoms with Crippen LogP contribution in [0.1, 0.15) is 50.8 Å². The zero-order valence-electron chi connectivity index (χ0n) is 23.0. The lowest BCUT2D eigenvalue weighted by atomic mass is 9.85. The molecule has 3 atom stereocenters. The number of methoxy groups -OCH3 is 1. The van der Waals surface area contributed by atoms with E-state index in [-0.39, 0.29) is 35.4 Å². The number of hydrogen-bond donors (Lipinski definition) is 0. The summed E-state index contributed by atoms with van der Waals surface area (Å²) in [4.78, 5) is 18.8. The molecule has 42 heavy (non-hydrogen) atoms. The minimum atomic E-state index is -4.97. The average molecular weight is 621 g/mol. The van der Waals surface area contributed by atoms with Gasteiger partial charge in [-0.05, 0) is 54.7 Å². The highest BCUT2D eigenvalue weighted by atomic mass is 35.5. The highest BCUT2D eigenvalue weighted by Gasteiger charge is 2.47. The molecule has 1 aliphatic heterocycles. The summed E-state index contributed by atoms with van der Waals surface area (Å²) in [5.41, 5.74) is 0.0148. The van der Waals surface area contributed by atoms with Crippen LogP contribution >= 0.6 is 11.6 Å². The van der Waals surface area contributed by atoms with Crippen molar-refractivity contribution in [2.45, 2.75) is 70.6 Å². The van der Waals surface area contributed by atoms with E-state index in [9.17, 15) is 35.5 Å². The molecular weight excluding hydrogens is 593 g/mol. The summed E-state index contributed by atoms with van der Waals surface area (Å²) in [5, 5.41) is 0.102. The van der Waals surface area contributed by atoms with Crippen LogP contribution in [0.5, 0.6) is 5.75 Å². The summed E-state index contributed by atoms with van der Waals surface area (Å²) >= 11 is 6.17. The molecule has 2 aliphatic rings. The Kier molecular flexibility index (Phi) is 8.87. The van der Waals surface area contributed by atoms with Gasteiger partial charge in [0.05, 0.1) is 25.3 Å². The molecule has 1 aromatic heterocycles. The van der Waals surface area contributed by atoms with E-state index < -0.39 is 54.3 Å². The lowest BCUT2D eigenvalue weighted by Crippen LogP contribution is -2.48. The second-order valence-corrected chi connectivity index (χ2v) is 11.0. The Morgan fingerprint density at radius 3 is 2.40 bits per heavy atom. The maximum absolute atomic E-state index is 14.7. The minimum absolute atomic E-state index is 0.0724. The summed E-state index contributed by atoms with van der Waals surface area (Å²) < 4.78 is 106. The van der Waals surface area contributed by atoms with Gasteiger partial charge < -0.3 is 9.47 Å². The Labute approximate surface area is 242 Å². The summed E-state index contributed by atoms with van der Waals surface area (Å²) in [6.45, 7) is 5.09. The molecule has 2 aromatic rings. The fourth-order valence-electron chi connectivity index (χ4n) is 5.12. The van der Waals surface area contributed by atoms with Gasteiger partial charge in [0.25, 0.3) is 0 Å². The third-order valence-corrected chi connectivity index (χ3v) is 7.60. The number of halogens is 8. The zero-order valence-corrected chi connectivity index (χ0v) is 23.8. The number of nitrogens with zero attached hydrogens (tertiary/aromatic N) is 2. The number of pyridine rings is 1. The molecule has 4 rings (SSSR count). The molecule has 228 valence electrons. The first-order chi connectivity index (χ1) is 19.5. The maximum atomic E-state index is 14.7. The van der Waals surface area contributed by atoms with Crippen molar-refractivity contribution in [3.05, 3.63) is 69.8 Å². The number of benzene rings is 1. The molecule has 0 N–H and O–H groups in total. The van der Waals surface area contributed by atoms with Crippen molar-refractivity contribution in [3.8, 4) is 16.9 Å². The summed E-state index contributed by atoms with van der Waals surface area (Å²) in [7, 11) is 1.38. The summed E-state index contributed by atoms with van der Waals surface area (Å²) in [6, 6.07) is 5.37. The summed E-state index contributed by atoms with van der Waals surface area (Å²) in [5.74, 6) is -2.76. The molecule has 2 heterocycles. The second-order valence-electron chi connectivity index (χ2n) is 10.6. The van der Waals surface area contributed by atoms with Crippen LogP contribution in [0, 0.1) is 11.7 Å². The van der Waals surface area contributed by atoms with E-state index in [1.54, 1.807) is 19.1 Å². The van der Waals surface area contributed by atoms with Gasteiger partial charge in [-0.15, -0.1) is 0 Å². The molecule has 0 spiro atoms. The number of hydrogen-bond acceptors (Lipinski definition) is 4. The molecule has 0 saturated carbocycles. The van der Waals surface area contributed by atoms with Crippen LogP contribution in [0.4, 0.5) is 35.5 Å². The van der Waals surface area contributed by atoms with Crippen molar-refractivity contribution in [1.82, 2.24) is 9.88 Å². The number of rotatable bonds is 6. The Morgan fingerprint density at radius 1 is 1.14 bits per heavy atom. The van der Waals surface area contributed by atoms with Gasteiger partial charge in [-0.2, -0.15) is 26.3 Å². The van der Waals surface area contributed by atoms with Crippen molar-refractivity contribution < 1.29 is 45.0 Å². The van der Waals surface area contributed by atoms with Crippen molar-refractivity contribution in [3.63, 3.8) is 0 Å². The molecule has 1 aliphatic carbocycles. The largest absolute Gasteiger partial charge is 0.496 e. The van der Waals surface area contributed by atoms with Crippen molar-refractivity contribution >= 4 is 17.7 Å². The fraction of sp³-hybridized carbons (Fsp3) is 0.448. The lowest BCUT2D eigenvalue weighted by molar-refractivity contribution is -0.166. The van der Waals surface area contributed by atoms with Gasteiger partial charge in [-0.1, -0.05) is 31.5 Å². The van der Waals surface area contributed by atoms with Gasteiger partial charge in [-0.25, -0.2) is 14.2 Å². The second kappa shape index (κ2) is 11.8. The van der Waals surface area contributed by atoms with Gasteiger partial charge in [0.1, 0.15) is 22.8 Å². The normalized spacial score (nSPS) is 21.7. The van der Waals surface area contributed by atoms with Crippen LogP contribution in [-0.4, -0.2) is 47.6 Å². The Balaban J connectivity index is 1.65. The number of carbonyl (C=O) groups excluding carboxylic acids is 1. The van der Waals surface area contributed by atoms with Gasteiger partial charge in [-0.3, -0.25) is 4.90 Å². The zero-order chi connectivity index (χ0) is 31.1. The molecule has 1 amide bonds. The minimum Gasteiger partial charge on any atom is -0.496 e. The van der Waals surface area contributed by atoms with Crippen LogP contribution in [0.3, 0.4) is 0 Å². The molecule has 2 unspecified atom stereocenters. The number of alkyl halides is 6. The first kappa shape index (κ1) is 31.7. The van der Waals surface area contributed by atoms with Crippen LogP contribution < -0.4 is 4.74 Å². The first-order valence-electron chi connectivity index (χ1n) is 13.1. The predicted octanol–water partition coefficient (Wildman–Crippen LogP) is 8.77. The average Bonchev–Trinajstić information content (AvgIpc) is 2.89. The van der Waals surface area contributed by atoms with Gasteiger partial charge in [0, 0.05) is 35.2 Å². The molecule has 0 radical (unpaired) electrons. The Hall–Kier alpha value is -3.28. The summed E-state index contributed by atoms with van der Waals surface area (Å²) in [6.07, 6.45) is -12.1. The van der Waals surface area contributed by atoms with Gasteiger partial charge in [0.15, 0.2) is 0 Å². The van der Waals surface area contributed by atoms with Crippen LogP contribution in [0.15, 0.2) is 47.6 Å². The smallest absolute Gasteiger partial charge is 0.412 e. The van der Waals surface area contributed by atoms with E-state index in [0.717, 1.165) is 0 Å². The molecule has 0 bridgehead atoms. The molecule has 1 fully saturated rings. The van der Waals surface area contributed by atoms with E-state index in [2.05, 4.69) is 4.98 Å². The van der Waals surface area contributed by atoms with Crippen LogP contribution in [0.25, 0.3) is 11.1 Å². The predicted molar refractivity (Wildman–Crippen MR) is 142 cm³/mol. The van der Waals surface area contributed by atoms with Crippen molar-refractivity contribution in [2.24, 2.45) is 5.92 Å². The molecule has 1 aromatic carbocycles. The third-order valence-electron chi connectivity index (χ3n) is 7.39. The van der Waals surface area contributed by atoms with Crippen molar-refractivity contribution in [2.75, 3.05) is 7.11 Å². The number of carbonyl (C=O) groups is 1. The van der Waals surface area contributed by atoms with E-state index in [4.69, 9.17) is 21.1 Å². The monoisotopic (exact) mass is 620 g/mol. The number of aromatic nitrogens is 1. The quantitative estimate of drug-likeness (QED) is 0.239. The standard InChI is InChI=1S/C29H28ClF7N2O3/c1-14(2)20-11-21(25(41-4)12-22(20)31)19-5-6-26(30)38-23(19)13-39-15(3)7-24(42-27(39)40)16-8-17(28(32,33)34)10-18(9-16)29(35,36)37/h5-6,8-9,11-12,14-15,17,24H,7,10,13H2,1-4H3/t15-,17?,24?/m0/s1. The molecule has 13 heteroatoms. The van der Waals surface area contributed by atoms with E-state index in [0.29, 0.717) is 34.5 Å².